The summed E-state index contributed by atoms with van der Waals surface area (Å²) in [6.45, 7) is 2.43. The van der Waals surface area contributed by atoms with E-state index in [-0.39, 0.29) is 18.3 Å². The summed E-state index contributed by atoms with van der Waals surface area (Å²) in [5.74, 6) is -0.228. The van der Waals surface area contributed by atoms with E-state index in [0.717, 1.165) is 37.0 Å². The molecule has 0 aromatic heterocycles. The molecule has 3 atom stereocenters. The van der Waals surface area contributed by atoms with Gasteiger partial charge in [-0.05, 0) is 37.0 Å². The topological polar surface area (TPSA) is 35.2 Å². The highest BCUT2D eigenvalue weighted by Gasteiger charge is 2.22. The van der Waals surface area contributed by atoms with Crippen LogP contribution in [0.1, 0.15) is 50.6 Å². The van der Waals surface area contributed by atoms with Crippen LogP contribution in [0.25, 0.3) is 0 Å². The lowest BCUT2D eigenvalue weighted by Crippen LogP contribution is -2.27. The Morgan fingerprint density at radius 3 is 2.90 bits per heavy atom. The summed E-state index contributed by atoms with van der Waals surface area (Å²) < 4.78 is 32.5. The van der Waals surface area contributed by atoms with E-state index in [9.17, 15) is 8.78 Å². The second kappa shape index (κ2) is 7.14. The van der Waals surface area contributed by atoms with Crippen LogP contribution in [0.15, 0.2) is 18.2 Å². The third-order valence-electron chi connectivity index (χ3n) is 4.18. The van der Waals surface area contributed by atoms with E-state index in [0.29, 0.717) is 0 Å². The minimum absolute atomic E-state index is 0.188. The molecule has 2 rings (SSSR count). The monoisotopic (exact) mass is 283 g/mol. The first-order valence-corrected chi connectivity index (χ1v) is 7.42. The maximum Gasteiger partial charge on any atom is 0.128 e. The van der Waals surface area contributed by atoms with Gasteiger partial charge in [0.25, 0.3) is 0 Å². The number of benzene rings is 1. The van der Waals surface area contributed by atoms with Crippen molar-refractivity contribution in [3.63, 3.8) is 0 Å². The van der Waals surface area contributed by atoms with Crippen molar-refractivity contribution in [2.75, 3.05) is 6.61 Å². The van der Waals surface area contributed by atoms with Crippen LogP contribution in [0.5, 0.6) is 0 Å². The quantitative estimate of drug-likeness (QED) is 0.888. The van der Waals surface area contributed by atoms with Gasteiger partial charge < -0.3 is 10.5 Å². The molecule has 3 unspecified atom stereocenters. The van der Waals surface area contributed by atoms with Crippen LogP contribution in [0.3, 0.4) is 0 Å². The second-order valence-electron chi connectivity index (χ2n) is 5.67. The highest BCUT2D eigenvalue weighted by Crippen LogP contribution is 2.29. The Kier molecular flexibility index (Phi) is 5.49. The predicted octanol–water partition coefficient (Wildman–Crippen LogP) is 3.95. The van der Waals surface area contributed by atoms with Crippen LogP contribution in [0.4, 0.5) is 8.78 Å². The summed E-state index contributed by atoms with van der Waals surface area (Å²) in [5.41, 5.74) is 6.11. The van der Waals surface area contributed by atoms with E-state index in [4.69, 9.17) is 10.5 Å². The summed E-state index contributed by atoms with van der Waals surface area (Å²) in [6.07, 6.45) is 5.90. The molecule has 0 spiro atoms. The first kappa shape index (κ1) is 15.4. The molecular formula is C16H23F2NO. The van der Waals surface area contributed by atoms with Gasteiger partial charge in [-0.15, -0.1) is 0 Å². The minimum Gasteiger partial charge on any atom is -0.376 e. The lowest BCUT2D eigenvalue weighted by Gasteiger charge is -2.29. The van der Waals surface area contributed by atoms with Gasteiger partial charge in [0.15, 0.2) is 0 Å². The fourth-order valence-corrected chi connectivity index (χ4v) is 2.89. The summed E-state index contributed by atoms with van der Waals surface area (Å²) in [7, 11) is 0. The van der Waals surface area contributed by atoms with Gasteiger partial charge in [-0.3, -0.25) is 0 Å². The zero-order valence-electron chi connectivity index (χ0n) is 11.9. The Bertz CT molecular complexity index is 438. The fraction of sp³-hybridized carbons (Fsp3) is 0.625. The van der Waals surface area contributed by atoms with Gasteiger partial charge in [0.1, 0.15) is 11.6 Å². The van der Waals surface area contributed by atoms with Crippen molar-refractivity contribution in [1.82, 2.24) is 0 Å². The van der Waals surface area contributed by atoms with E-state index in [2.05, 4.69) is 6.92 Å². The molecule has 1 aliphatic rings. The third kappa shape index (κ3) is 4.00. The number of hydrogen-bond donors (Lipinski definition) is 1. The summed E-state index contributed by atoms with van der Waals surface area (Å²) >= 11 is 0. The highest BCUT2D eigenvalue weighted by atomic mass is 19.1. The molecule has 0 heterocycles. The fourth-order valence-electron chi connectivity index (χ4n) is 2.89. The lowest BCUT2D eigenvalue weighted by atomic mass is 9.85. The molecule has 1 saturated carbocycles. The second-order valence-corrected chi connectivity index (χ2v) is 5.67. The Labute approximate surface area is 119 Å². The zero-order valence-corrected chi connectivity index (χ0v) is 11.9. The van der Waals surface area contributed by atoms with Crippen molar-refractivity contribution in [2.45, 2.75) is 51.2 Å². The molecule has 0 amide bonds. The molecule has 0 aliphatic heterocycles. The van der Waals surface area contributed by atoms with Gasteiger partial charge in [-0.1, -0.05) is 26.2 Å². The molecule has 1 fully saturated rings. The van der Waals surface area contributed by atoms with E-state index < -0.39 is 17.7 Å². The number of ether oxygens (including phenoxy) is 1. The maximum absolute atomic E-state index is 13.6. The minimum atomic E-state index is -0.618. The van der Waals surface area contributed by atoms with Gasteiger partial charge in [0.2, 0.25) is 0 Å². The van der Waals surface area contributed by atoms with Crippen LogP contribution < -0.4 is 5.73 Å². The first-order valence-electron chi connectivity index (χ1n) is 7.42. The van der Waals surface area contributed by atoms with Crippen molar-refractivity contribution in [2.24, 2.45) is 11.7 Å². The summed E-state index contributed by atoms with van der Waals surface area (Å²) in [4.78, 5) is 0. The van der Waals surface area contributed by atoms with Crippen molar-refractivity contribution >= 4 is 0 Å². The van der Waals surface area contributed by atoms with Crippen molar-refractivity contribution in [3.8, 4) is 0 Å². The maximum atomic E-state index is 13.6. The SMILES string of the molecule is CCC1CCCC(OCC(N)c2cc(F)ccc2F)C1. The van der Waals surface area contributed by atoms with Crippen LogP contribution in [-0.4, -0.2) is 12.7 Å². The largest absolute Gasteiger partial charge is 0.376 e. The van der Waals surface area contributed by atoms with Crippen LogP contribution in [-0.2, 0) is 4.74 Å². The van der Waals surface area contributed by atoms with E-state index in [1.165, 1.54) is 19.3 Å². The smallest absolute Gasteiger partial charge is 0.128 e. The number of nitrogens with two attached hydrogens (primary N) is 1. The third-order valence-corrected chi connectivity index (χ3v) is 4.18. The van der Waals surface area contributed by atoms with Gasteiger partial charge in [0.05, 0.1) is 18.8 Å². The molecule has 1 aromatic carbocycles. The molecular weight excluding hydrogens is 260 g/mol. The summed E-state index contributed by atoms with van der Waals surface area (Å²) in [5, 5.41) is 0. The highest BCUT2D eigenvalue weighted by molar-refractivity contribution is 5.22. The van der Waals surface area contributed by atoms with Crippen LogP contribution in [0.2, 0.25) is 0 Å². The number of hydrogen-bond acceptors (Lipinski definition) is 2. The van der Waals surface area contributed by atoms with Gasteiger partial charge in [-0.2, -0.15) is 0 Å². The average molecular weight is 283 g/mol. The molecule has 112 valence electrons. The van der Waals surface area contributed by atoms with Gasteiger partial charge in [-0.25, -0.2) is 8.78 Å². The molecule has 2 N–H and O–H groups in total. The zero-order chi connectivity index (χ0) is 14.5. The molecule has 0 radical (unpaired) electrons. The standard InChI is InChI=1S/C16H23F2NO/c1-2-11-4-3-5-13(8-11)20-10-16(19)14-9-12(17)6-7-15(14)18/h6-7,9,11,13,16H,2-5,8,10,19H2,1H3. The molecule has 4 heteroatoms. The van der Waals surface area contributed by atoms with E-state index in [1.54, 1.807) is 0 Å². The van der Waals surface area contributed by atoms with Gasteiger partial charge >= 0.3 is 0 Å². The molecule has 2 nitrogen and oxygen atoms in total. The number of rotatable bonds is 5. The van der Waals surface area contributed by atoms with Crippen molar-refractivity contribution < 1.29 is 13.5 Å². The Morgan fingerprint density at radius 2 is 2.15 bits per heavy atom. The first-order chi connectivity index (χ1) is 9.60. The van der Waals surface area contributed by atoms with E-state index in [1.807, 2.05) is 0 Å². The molecule has 1 aromatic rings. The predicted molar refractivity (Wildman–Crippen MR) is 75.3 cm³/mol. The van der Waals surface area contributed by atoms with Crippen LogP contribution >= 0.6 is 0 Å². The normalized spacial score (nSPS) is 24.6. The Morgan fingerprint density at radius 1 is 1.35 bits per heavy atom. The van der Waals surface area contributed by atoms with Gasteiger partial charge in [0, 0.05) is 5.56 Å². The van der Waals surface area contributed by atoms with Crippen LogP contribution in [0, 0.1) is 17.6 Å². The summed E-state index contributed by atoms with van der Waals surface area (Å²) in [6, 6.07) is 2.74. The lowest BCUT2D eigenvalue weighted by molar-refractivity contribution is 0.00525. The van der Waals surface area contributed by atoms with Crippen molar-refractivity contribution in [1.29, 1.82) is 0 Å². The molecule has 20 heavy (non-hydrogen) atoms. The van der Waals surface area contributed by atoms with Crippen molar-refractivity contribution in [3.05, 3.63) is 35.4 Å². The Balaban J connectivity index is 1.88. The van der Waals surface area contributed by atoms with E-state index >= 15 is 0 Å². The Hall–Kier alpha value is -1.00. The molecule has 0 saturated heterocycles. The molecule has 0 bridgehead atoms. The molecule has 1 aliphatic carbocycles. The number of halogens is 2. The average Bonchev–Trinajstić information content (AvgIpc) is 2.47.